The zero-order valence-electron chi connectivity index (χ0n) is 10.3. The lowest BCUT2D eigenvalue weighted by Gasteiger charge is -2.28. The first-order valence-electron chi connectivity index (χ1n) is 6.31. The van der Waals surface area contributed by atoms with Crippen molar-refractivity contribution in [3.63, 3.8) is 0 Å². The van der Waals surface area contributed by atoms with E-state index >= 15 is 0 Å². The maximum absolute atomic E-state index is 13.3. The van der Waals surface area contributed by atoms with Crippen molar-refractivity contribution in [2.45, 2.75) is 38.1 Å². The normalized spacial score (nSPS) is 19.0. The quantitative estimate of drug-likeness (QED) is 0.874. The summed E-state index contributed by atoms with van der Waals surface area (Å²) in [7, 11) is 1.48. The summed E-state index contributed by atoms with van der Waals surface area (Å²) in [5.74, 6) is 0.486. The summed E-state index contributed by atoms with van der Waals surface area (Å²) in [5, 5.41) is 0. The van der Waals surface area contributed by atoms with Crippen LogP contribution in [0.3, 0.4) is 0 Å². The van der Waals surface area contributed by atoms with Crippen LogP contribution in [0.5, 0.6) is 5.75 Å². The summed E-state index contributed by atoms with van der Waals surface area (Å²) in [6.07, 6.45) is 6.20. The van der Waals surface area contributed by atoms with Crippen LogP contribution in [0.25, 0.3) is 0 Å². The standard InChI is InChI=1S/C14H20FNO/c1-17-13-9-11(7-8-12(13)15)14(16)10-5-3-2-4-6-10/h7-10,14H,2-6,16H2,1H3/t14-/m0/s1. The molecule has 1 aliphatic carbocycles. The topological polar surface area (TPSA) is 35.2 Å². The first-order chi connectivity index (χ1) is 8.22. The first kappa shape index (κ1) is 12.4. The smallest absolute Gasteiger partial charge is 0.165 e. The van der Waals surface area contributed by atoms with Gasteiger partial charge in [-0.15, -0.1) is 0 Å². The second-order valence-corrected chi connectivity index (χ2v) is 4.82. The highest BCUT2D eigenvalue weighted by Gasteiger charge is 2.22. The monoisotopic (exact) mass is 237 g/mol. The molecule has 2 N–H and O–H groups in total. The third-order valence-corrected chi connectivity index (χ3v) is 3.72. The summed E-state index contributed by atoms with van der Waals surface area (Å²) in [5.41, 5.74) is 7.25. The second-order valence-electron chi connectivity index (χ2n) is 4.82. The minimum atomic E-state index is -0.327. The van der Waals surface area contributed by atoms with Gasteiger partial charge in [0.25, 0.3) is 0 Å². The van der Waals surface area contributed by atoms with Crippen molar-refractivity contribution >= 4 is 0 Å². The Morgan fingerprint density at radius 2 is 2.00 bits per heavy atom. The van der Waals surface area contributed by atoms with Gasteiger partial charge in [-0.05, 0) is 36.5 Å². The lowest BCUT2D eigenvalue weighted by atomic mass is 9.81. The Bertz CT molecular complexity index is 374. The van der Waals surface area contributed by atoms with E-state index in [0.717, 1.165) is 5.56 Å². The summed E-state index contributed by atoms with van der Waals surface area (Å²) in [4.78, 5) is 0. The van der Waals surface area contributed by atoms with Crippen LogP contribution in [0.4, 0.5) is 4.39 Å². The molecule has 2 nitrogen and oxygen atoms in total. The van der Waals surface area contributed by atoms with Gasteiger partial charge >= 0.3 is 0 Å². The van der Waals surface area contributed by atoms with Crippen molar-refractivity contribution < 1.29 is 9.13 Å². The van der Waals surface area contributed by atoms with E-state index in [1.807, 2.05) is 0 Å². The number of nitrogens with two attached hydrogens (primary N) is 1. The van der Waals surface area contributed by atoms with Crippen LogP contribution in [0.1, 0.15) is 43.7 Å². The molecule has 94 valence electrons. The highest BCUT2D eigenvalue weighted by molar-refractivity contribution is 5.32. The van der Waals surface area contributed by atoms with E-state index < -0.39 is 0 Å². The Balaban J connectivity index is 2.15. The highest BCUT2D eigenvalue weighted by Crippen LogP contribution is 2.34. The Morgan fingerprint density at radius 1 is 1.29 bits per heavy atom. The minimum Gasteiger partial charge on any atom is -0.494 e. The lowest BCUT2D eigenvalue weighted by molar-refractivity contribution is 0.307. The molecule has 0 aliphatic heterocycles. The van der Waals surface area contributed by atoms with Crippen molar-refractivity contribution in [2.24, 2.45) is 11.7 Å². The Labute approximate surface area is 102 Å². The van der Waals surface area contributed by atoms with Gasteiger partial charge in [0.1, 0.15) is 0 Å². The molecule has 1 atom stereocenters. The fraction of sp³-hybridized carbons (Fsp3) is 0.571. The van der Waals surface area contributed by atoms with E-state index in [9.17, 15) is 4.39 Å². The Morgan fingerprint density at radius 3 is 2.65 bits per heavy atom. The zero-order valence-corrected chi connectivity index (χ0v) is 10.3. The molecule has 2 rings (SSSR count). The van der Waals surface area contributed by atoms with Crippen LogP contribution in [0, 0.1) is 11.7 Å². The number of halogens is 1. The molecule has 0 spiro atoms. The van der Waals surface area contributed by atoms with E-state index in [4.69, 9.17) is 10.5 Å². The SMILES string of the molecule is COc1cc([C@@H](N)C2CCCCC2)ccc1F. The highest BCUT2D eigenvalue weighted by atomic mass is 19.1. The minimum absolute atomic E-state index is 0.00444. The van der Waals surface area contributed by atoms with Gasteiger partial charge in [-0.3, -0.25) is 0 Å². The molecular weight excluding hydrogens is 217 g/mol. The molecule has 0 unspecified atom stereocenters. The van der Waals surface area contributed by atoms with Gasteiger partial charge in [0, 0.05) is 6.04 Å². The predicted molar refractivity (Wildman–Crippen MR) is 66.5 cm³/mol. The molecule has 3 heteroatoms. The molecule has 1 aliphatic rings. The lowest BCUT2D eigenvalue weighted by Crippen LogP contribution is -2.23. The molecule has 0 heterocycles. The fourth-order valence-electron chi connectivity index (χ4n) is 2.65. The maximum atomic E-state index is 13.3. The van der Waals surface area contributed by atoms with Crippen molar-refractivity contribution in [2.75, 3.05) is 7.11 Å². The van der Waals surface area contributed by atoms with E-state index in [1.54, 1.807) is 12.1 Å². The van der Waals surface area contributed by atoms with E-state index in [0.29, 0.717) is 5.92 Å². The molecule has 1 aromatic carbocycles. The van der Waals surface area contributed by atoms with Gasteiger partial charge in [-0.25, -0.2) is 4.39 Å². The summed E-state index contributed by atoms with van der Waals surface area (Å²) >= 11 is 0. The Hall–Kier alpha value is -1.09. The first-order valence-corrected chi connectivity index (χ1v) is 6.31. The second kappa shape index (κ2) is 5.50. The number of hydrogen-bond acceptors (Lipinski definition) is 2. The van der Waals surface area contributed by atoms with Crippen molar-refractivity contribution in [1.29, 1.82) is 0 Å². The number of methoxy groups -OCH3 is 1. The summed E-state index contributed by atoms with van der Waals surface area (Å²) < 4.78 is 18.3. The zero-order chi connectivity index (χ0) is 12.3. The van der Waals surface area contributed by atoms with Gasteiger partial charge in [0.05, 0.1) is 7.11 Å². The van der Waals surface area contributed by atoms with Crippen LogP contribution in [-0.4, -0.2) is 7.11 Å². The van der Waals surface area contributed by atoms with E-state index in [2.05, 4.69) is 0 Å². The summed E-state index contributed by atoms with van der Waals surface area (Å²) in [6, 6.07) is 4.95. The molecule has 17 heavy (non-hydrogen) atoms. The third kappa shape index (κ3) is 2.78. The summed E-state index contributed by atoms with van der Waals surface area (Å²) in [6.45, 7) is 0. The molecular formula is C14H20FNO. The molecule has 0 bridgehead atoms. The maximum Gasteiger partial charge on any atom is 0.165 e. The van der Waals surface area contributed by atoms with Gasteiger partial charge in [-0.2, -0.15) is 0 Å². The van der Waals surface area contributed by atoms with E-state index in [-0.39, 0.29) is 17.6 Å². The van der Waals surface area contributed by atoms with Gasteiger partial charge in [0.15, 0.2) is 11.6 Å². The number of rotatable bonds is 3. The largest absolute Gasteiger partial charge is 0.494 e. The van der Waals surface area contributed by atoms with Gasteiger partial charge < -0.3 is 10.5 Å². The van der Waals surface area contributed by atoms with Crippen molar-refractivity contribution in [1.82, 2.24) is 0 Å². The third-order valence-electron chi connectivity index (χ3n) is 3.72. The number of benzene rings is 1. The van der Waals surface area contributed by atoms with E-state index in [1.165, 1.54) is 45.3 Å². The van der Waals surface area contributed by atoms with Crippen LogP contribution in [-0.2, 0) is 0 Å². The molecule has 1 aromatic rings. The predicted octanol–water partition coefficient (Wildman–Crippen LogP) is 3.41. The molecule has 0 radical (unpaired) electrons. The van der Waals surface area contributed by atoms with Gasteiger partial charge in [0.2, 0.25) is 0 Å². The van der Waals surface area contributed by atoms with Gasteiger partial charge in [-0.1, -0.05) is 25.3 Å². The van der Waals surface area contributed by atoms with Crippen molar-refractivity contribution in [3.8, 4) is 5.75 Å². The Kier molecular flexibility index (Phi) is 4.00. The van der Waals surface area contributed by atoms with Crippen LogP contribution >= 0.6 is 0 Å². The van der Waals surface area contributed by atoms with Crippen LogP contribution in [0.2, 0.25) is 0 Å². The molecule has 0 saturated heterocycles. The van der Waals surface area contributed by atoms with Crippen LogP contribution < -0.4 is 10.5 Å². The average molecular weight is 237 g/mol. The van der Waals surface area contributed by atoms with Crippen molar-refractivity contribution in [3.05, 3.63) is 29.6 Å². The molecule has 1 saturated carbocycles. The average Bonchev–Trinajstić information content (AvgIpc) is 2.39. The van der Waals surface area contributed by atoms with Crippen LogP contribution in [0.15, 0.2) is 18.2 Å². The number of ether oxygens (including phenoxy) is 1. The molecule has 0 aromatic heterocycles. The molecule has 1 fully saturated rings. The molecule has 0 amide bonds. The fourth-order valence-corrected chi connectivity index (χ4v) is 2.65. The number of hydrogen-bond donors (Lipinski definition) is 1.